The highest BCUT2D eigenvalue weighted by atomic mass is 32.2. The van der Waals surface area contributed by atoms with Gasteiger partial charge in [-0.05, 0) is 36.9 Å². The molecule has 5 heteroatoms. The minimum atomic E-state index is -0.717. The minimum absolute atomic E-state index is 0.0148. The molecule has 2 rings (SSSR count). The van der Waals surface area contributed by atoms with Gasteiger partial charge in [0.05, 0.1) is 12.2 Å². The minimum Gasteiger partial charge on any atom is -0.481 e. The first-order valence-electron chi connectivity index (χ1n) is 7.69. The van der Waals surface area contributed by atoms with E-state index in [0.29, 0.717) is 11.8 Å². The first-order valence-corrected chi connectivity index (χ1v) is 8.84. The number of thioether (sulfide) groups is 1. The van der Waals surface area contributed by atoms with E-state index in [2.05, 4.69) is 5.32 Å². The summed E-state index contributed by atoms with van der Waals surface area (Å²) in [6.45, 7) is 0. The first kappa shape index (κ1) is 15.7. The summed E-state index contributed by atoms with van der Waals surface area (Å²) < 4.78 is 0. The molecule has 20 heavy (non-hydrogen) atoms. The van der Waals surface area contributed by atoms with Crippen molar-refractivity contribution < 1.29 is 14.7 Å². The normalized spacial score (nSPS) is 22.0. The molecule has 0 saturated heterocycles. The fraction of sp³-hybridized carbons (Fsp3) is 0.867. The second-order valence-corrected chi connectivity index (χ2v) is 7.30. The number of nitrogens with one attached hydrogen (secondary N) is 1. The van der Waals surface area contributed by atoms with Crippen molar-refractivity contribution in [3.8, 4) is 0 Å². The van der Waals surface area contributed by atoms with Gasteiger partial charge in [0.15, 0.2) is 0 Å². The molecule has 4 nitrogen and oxygen atoms in total. The van der Waals surface area contributed by atoms with E-state index in [1.54, 1.807) is 11.8 Å². The van der Waals surface area contributed by atoms with Gasteiger partial charge >= 0.3 is 5.97 Å². The van der Waals surface area contributed by atoms with Gasteiger partial charge in [-0.25, -0.2) is 0 Å². The number of rotatable bonds is 7. The first-order chi connectivity index (χ1) is 9.60. The summed E-state index contributed by atoms with van der Waals surface area (Å²) in [6.07, 6.45) is 9.49. The monoisotopic (exact) mass is 299 g/mol. The van der Waals surface area contributed by atoms with E-state index in [0.717, 1.165) is 31.4 Å². The largest absolute Gasteiger partial charge is 0.481 e. The highest BCUT2D eigenvalue weighted by molar-refractivity contribution is 7.99. The molecule has 2 aliphatic carbocycles. The fourth-order valence-corrected chi connectivity index (χ4v) is 4.12. The van der Waals surface area contributed by atoms with Gasteiger partial charge in [0.25, 0.3) is 0 Å². The van der Waals surface area contributed by atoms with Crippen LogP contribution in [-0.4, -0.2) is 34.5 Å². The lowest BCUT2D eigenvalue weighted by molar-refractivity contribution is -0.138. The third-order valence-electron chi connectivity index (χ3n) is 4.35. The number of aliphatic carboxylic acids is 1. The smallest absolute Gasteiger partial charge is 0.303 e. The van der Waals surface area contributed by atoms with E-state index in [4.69, 9.17) is 5.11 Å². The molecular formula is C15H25NO3S. The molecule has 2 aliphatic rings. The van der Waals surface area contributed by atoms with Gasteiger partial charge in [0.1, 0.15) is 0 Å². The average molecular weight is 299 g/mol. The lowest BCUT2D eigenvalue weighted by atomic mass is 10.1. The average Bonchev–Trinajstić information content (AvgIpc) is 3.14. The number of hydrogen-bond donors (Lipinski definition) is 2. The maximum atomic E-state index is 11.9. The zero-order valence-corrected chi connectivity index (χ0v) is 12.8. The zero-order valence-electron chi connectivity index (χ0n) is 12.0. The van der Waals surface area contributed by atoms with Crippen LogP contribution in [0.25, 0.3) is 0 Å². The summed E-state index contributed by atoms with van der Waals surface area (Å²) in [7, 11) is 0. The summed E-state index contributed by atoms with van der Waals surface area (Å²) >= 11 is 1.59. The molecule has 2 saturated carbocycles. The molecule has 0 heterocycles. The molecule has 114 valence electrons. The highest BCUT2D eigenvalue weighted by Crippen LogP contribution is 2.50. The van der Waals surface area contributed by atoms with E-state index in [-0.39, 0.29) is 17.7 Å². The summed E-state index contributed by atoms with van der Waals surface area (Å²) in [6, 6.07) is 0.361. The topological polar surface area (TPSA) is 66.4 Å². The van der Waals surface area contributed by atoms with Crippen molar-refractivity contribution in [2.45, 2.75) is 63.8 Å². The van der Waals surface area contributed by atoms with Crippen LogP contribution in [0.2, 0.25) is 0 Å². The molecule has 0 aromatic carbocycles. The van der Waals surface area contributed by atoms with Crippen LogP contribution in [-0.2, 0) is 9.59 Å². The predicted octanol–water partition coefficient (Wildman–Crippen LogP) is 2.81. The van der Waals surface area contributed by atoms with Crippen LogP contribution in [0.4, 0.5) is 0 Å². The van der Waals surface area contributed by atoms with Crippen molar-refractivity contribution in [2.24, 2.45) is 5.41 Å². The maximum absolute atomic E-state index is 11.9. The van der Waals surface area contributed by atoms with Crippen LogP contribution in [0, 0.1) is 5.41 Å². The van der Waals surface area contributed by atoms with Gasteiger partial charge in [0.2, 0.25) is 5.91 Å². The number of carbonyl (C=O) groups excluding carboxylic acids is 1. The van der Waals surface area contributed by atoms with Gasteiger partial charge in [-0.3, -0.25) is 9.59 Å². The van der Waals surface area contributed by atoms with Crippen LogP contribution in [0.1, 0.15) is 57.8 Å². The van der Waals surface area contributed by atoms with E-state index in [1.165, 1.54) is 25.7 Å². The molecule has 0 aromatic rings. The zero-order chi connectivity index (χ0) is 14.4. The van der Waals surface area contributed by atoms with Crippen LogP contribution in [0.3, 0.4) is 0 Å². The Bertz CT molecular complexity index is 347. The van der Waals surface area contributed by atoms with Gasteiger partial charge in [-0.15, -0.1) is 0 Å². The van der Waals surface area contributed by atoms with E-state index in [9.17, 15) is 9.59 Å². The third-order valence-corrected chi connectivity index (χ3v) is 5.63. The molecule has 2 N–H and O–H groups in total. The number of carboxylic acids is 1. The van der Waals surface area contributed by atoms with Gasteiger partial charge in [0, 0.05) is 6.04 Å². The second-order valence-electron chi connectivity index (χ2n) is 6.32. The molecule has 0 atom stereocenters. The summed E-state index contributed by atoms with van der Waals surface area (Å²) in [4.78, 5) is 22.7. The van der Waals surface area contributed by atoms with Crippen molar-refractivity contribution in [3.63, 3.8) is 0 Å². The molecule has 2 fully saturated rings. The summed E-state index contributed by atoms with van der Waals surface area (Å²) in [5, 5.41) is 12.0. The molecule has 0 aliphatic heterocycles. The summed E-state index contributed by atoms with van der Waals surface area (Å²) in [5.74, 6) is 0.675. The number of carboxylic acid groups (broad SMARTS) is 1. The van der Waals surface area contributed by atoms with Crippen molar-refractivity contribution in [1.29, 1.82) is 0 Å². The quantitative estimate of drug-likeness (QED) is 0.709. The van der Waals surface area contributed by atoms with Crippen molar-refractivity contribution in [2.75, 3.05) is 11.5 Å². The van der Waals surface area contributed by atoms with E-state index >= 15 is 0 Å². The van der Waals surface area contributed by atoms with Crippen molar-refractivity contribution in [3.05, 3.63) is 0 Å². The Morgan fingerprint density at radius 3 is 2.35 bits per heavy atom. The lowest BCUT2D eigenvalue weighted by Gasteiger charge is -2.17. The Balaban J connectivity index is 1.61. The van der Waals surface area contributed by atoms with Crippen LogP contribution in [0.15, 0.2) is 0 Å². The number of hydrogen-bond acceptors (Lipinski definition) is 3. The Morgan fingerprint density at radius 1 is 1.15 bits per heavy atom. The molecular weight excluding hydrogens is 274 g/mol. The molecule has 0 spiro atoms. The Morgan fingerprint density at radius 2 is 1.80 bits per heavy atom. The molecule has 0 unspecified atom stereocenters. The van der Waals surface area contributed by atoms with Crippen molar-refractivity contribution >= 4 is 23.6 Å². The van der Waals surface area contributed by atoms with Crippen LogP contribution < -0.4 is 5.32 Å². The van der Waals surface area contributed by atoms with E-state index < -0.39 is 5.97 Å². The Labute approximate surface area is 125 Å². The highest BCUT2D eigenvalue weighted by Gasteiger charge is 2.44. The Hall–Kier alpha value is -0.710. The molecule has 0 radical (unpaired) electrons. The molecule has 1 amide bonds. The van der Waals surface area contributed by atoms with Crippen LogP contribution in [0.5, 0.6) is 0 Å². The third kappa shape index (κ3) is 5.35. The Kier molecular flexibility index (Phi) is 5.75. The number of carbonyl (C=O) groups is 2. The SMILES string of the molecule is O=C(O)CC1(CSCC(=O)NC2CCCCCC2)CC1. The fourth-order valence-electron chi connectivity index (χ4n) is 2.92. The summed E-state index contributed by atoms with van der Waals surface area (Å²) in [5.41, 5.74) is -0.0148. The number of amides is 1. The standard InChI is InChI=1S/C15H25NO3S/c17-13(16-12-5-3-1-2-4-6-12)10-20-11-15(7-8-15)9-14(18)19/h12H,1-11H2,(H,16,17)(H,18,19). The predicted molar refractivity (Wildman–Crippen MR) is 80.9 cm³/mol. The maximum Gasteiger partial charge on any atom is 0.303 e. The van der Waals surface area contributed by atoms with E-state index in [1.807, 2.05) is 0 Å². The lowest BCUT2D eigenvalue weighted by Crippen LogP contribution is -2.35. The van der Waals surface area contributed by atoms with Gasteiger partial charge in [-0.1, -0.05) is 25.7 Å². The molecule has 0 bridgehead atoms. The second kappa shape index (κ2) is 7.34. The van der Waals surface area contributed by atoms with Crippen LogP contribution >= 0.6 is 11.8 Å². The molecule has 0 aromatic heterocycles. The van der Waals surface area contributed by atoms with Gasteiger partial charge in [-0.2, -0.15) is 11.8 Å². The van der Waals surface area contributed by atoms with Crippen molar-refractivity contribution in [1.82, 2.24) is 5.32 Å². The van der Waals surface area contributed by atoms with Gasteiger partial charge < -0.3 is 10.4 Å².